The standard InChI is InChI=1S/C29H47NOS/c1-20(12-15-30-16-18-32-19-17-30)22-7-8-23-21-6-9-25-27(2,3)26(31)11-14-29(25,5)24(21)10-13-28(22,23)4/h8,20,22,25-26,31H,6-7,9-19H2,1-5H3/t20-,22-,25+,26+,28-,29-/m1/s1. The largest absolute Gasteiger partial charge is 0.393 e. The summed E-state index contributed by atoms with van der Waals surface area (Å²) < 4.78 is 0. The van der Waals surface area contributed by atoms with Gasteiger partial charge in [0, 0.05) is 24.6 Å². The lowest BCUT2D eigenvalue weighted by Crippen LogP contribution is -2.53. The van der Waals surface area contributed by atoms with Crippen molar-refractivity contribution in [1.29, 1.82) is 0 Å². The summed E-state index contributed by atoms with van der Waals surface area (Å²) in [5.41, 5.74) is 6.06. The molecular formula is C29H47NOS. The molecule has 0 unspecified atom stereocenters. The zero-order valence-electron chi connectivity index (χ0n) is 21.4. The van der Waals surface area contributed by atoms with Crippen LogP contribution in [0.4, 0.5) is 0 Å². The first-order chi connectivity index (χ1) is 15.2. The van der Waals surface area contributed by atoms with E-state index in [4.69, 9.17) is 0 Å². The van der Waals surface area contributed by atoms with Gasteiger partial charge in [-0.25, -0.2) is 0 Å². The van der Waals surface area contributed by atoms with E-state index in [9.17, 15) is 5.11 Å². The van der Waals surface area contributed by atoms with E-state index < -0.39 is 0 Å². The lowest BCUT2D eigenvalue weighted by atomic mass is 9.46. The van der Waals surface area contributed by atoms with Gasteiger partial charge in [-0.2, -0.15) is 11.8 Å². The first kappa shape index (κ1) is 23.5. The molecule has 6 atom stereocenters. The Morgan fingerprint density at radius 2 is 1.81 bits per heavy atom. The van der Waals surface area contributed by atoms with Gasteiger partial charge in [0.05, 0.1) is 6.10 Å². The fraction of sp³-hybridized carbons (Fsp3) is 0.862. The highest BCUT2D eigenvalue weighted by molar-refractivity contribution is 7.99. The summed E-state index contributed by atoms with van der Waals surface area (Å²) in [6.45, 7) is 16.3. The van der Waals surface area contributed by atoms with E-state index in [1.807, 2.05) is 0 Å². The zero-order valence-corrected chi connectivity index (χ0v) is 22.2. The number of hydrogen-bond donors (Lipinski definition) is 1. The van der Waals surface area contributed by atoms with E-state index in [0.717, 1.165) is 18.3 Å². The molecule has 3 heteroatoms. The molecule has 1 saturated heterocycles. The van der Waals surface area contributed by atoms with Crippen LogP contribution < -0.4 is 0 Å². The molecule has 4 aliphatic carbocycles. The second-order valence-electron chi connectivity index (χ2n) is 12.9. The van der Waals surface area contributed by atoms with Crippen molar-refractivity contribution in [3.8, 4) is 0 Å². The summed E-state index contributed by atoms with van der Waals surface area (Å²) in [7, 11) is 0. The number of hydrogen-bond acceptors (Lipinski definition) is 3. The maximum absolute atomic E-state index is 10.8. The van der Waals surface area contributed by atoms with Gasteiger partial charge in [0.25, 0.3) is 0 Å². The van der Waals surface area contributed by atoms with Crippen molar-refractivity contribution >= 4 is 11.8 Å². The van der Waals surface area contributed by atoms with Crippen molar-refractivity contribution in [3.05, 3.63) is 22.8 Å². The molecule has 0 aromatic heterocycles. The second kappa shape index (κ2) is 8.45. The lowest BCUT2D eigenvalue weighted by molar-refractivity contribution is -0.0905. The van der Waals surface area contributed by atoms with Crippen LogP contribution in [0.5, 0.6) is 0 Å². The molecule has 0 bridgehead atoms. The van der Waals surface area contributed by atoms with E-state index in [-0.39, 0.29) is 11.5 Å². The number of rotatable bonds is 4. The normalized spacial score (nSPS) is 42.7. The fourth-order valence-electron chi connectivity index (χ4n) is 8.99. The number of aliphatic hydroxyl groups excluding tert-OH is 1. The zero-order chi connectivity index (χ0) is 22.7. The molecule has 0 aromatic rings. The summed E-state index contributed by atoms with van der Waals surface area (Å²) in [4.78, 5) is 2.71. The lowest BCUT2D eigenvalue weighted by Gasteiger charge is -2.59. The summed E-state index contributed by atoms with van der Waals surface area (Å²) >= 11 is 2.12. The van der Waals surface area contributed by atoms with E-state index >= 15 is 0 Å². The van der Waals surface area contributed by atoms with Crippen molar-refractivity contribution in [2.75, 3.05) is 31.1 Å². The predicted molar refractivity (Wildman–Crippen MR) is 138 cm³/mol. The van der Waals surface area contributed by atoms with Crippen LogP contribution in [0, 0.1) is 34.0 Å². The third kappa shape index (κ3) is 3.59. The molecule has 5 rings (SSSR count). The molecule has 0 radical (unpaired) electrons. The maximum Gasteiger partial charge on any atom is 0.0594 e. The molecule has 5 aliphatic rings. The van der Waals surface area contributed by atoms with Crippen molar-refractivity contribution in [2.45, 2.75) is 92.1 Å². The van der Waals surface area contributed by atoms with Gasteiger partial charge in [-0.1, -0.05) is 46.3 Å². The summed E-state index contributed by atoms with van der Waals surface area (Å²) in [5, 5.41) is 10.8. The van der Waals surface area contributed by atoms with E-state index in [1.165, 1.54) is 76.1 Å². The van der Waals surface area contributed by atoms with Crippen LogP contribution in [0.15, 0.2) is 22.8 Å². The Bertz CT molecular complexity index is 793. The molecule has 0 aromatic carbocycles. The number of thioether (sulfide) groups is 1. The molecular weight excluding hydrogens is 410 g/mol. The van der Waals surface area contributed by atoms with Crippen LogP contribution >= 0.6 is 11.8 Å². The molecule has 1 heterocycles. The molecule has 0 amide bonds. The summed E-state index contributed by atoms with van der Waals surface area (Å²) in [6.07, 6.45) is 12.5. The minimum Gasteiger partial charge on any atom is -0.393 e. The Kier molecular flexibility index (Phi) is 6.20. The van der Waals surface area contributed by atoms with Gasteiger partial charge in [-0.3, -0.25) is 0 Å². The second-order valence-corrected chi connectivity index (χ2v) is 14.2. The van der Waals surface area contributed by atoms with Gasteiger partial charge in [0.1, 0.15) is 0 Å². The van der Waals surface area contributed by atoms with Crippen LogP contribution in [0.25, 0.3) is 0 Å². The monoisotopic (exact) mass is 457 g/mol. The van der Waals surface area contributed by atoms with E-state index in [1.54, 1.807) is 16.7 Å². The number of fused-ring (bicyclic) bond motifs is 4. The fourth-order valence-corrected chi connectivity index (χ4v) is 9.97. The Labute approximate surface area is 201 Å². The van der Waals surface area contributed by atoms with Gasteiger partial charge in [0.2, 0.25) is 0 Å². The first-order valence-corrected chi connectivity index (χ1v) is 14.7. The molecule has 1 aliphatic heterocycles. The maximum atomic E-state index is 10.8. The van der Waals surface area contributed by atoms with Crippen molar-refractivity contribution in [1.82, 2.24) is 4.90 Å². The van der Waals surface area contributed by atoms with E-state index in [0.29, 0.717) is 16.7 Å². The van der Waals surface area contributed by atoms with Gasteiger partial charge in [-0.05, 0) is 103 Å². The quantitative estimate of drug-likeness (QED) is 0.508. The minimum atomic E-state index is -0.133. The highest BCUT2D eigenvalue weighted by atomic mass is 32.2. The molecule has 1 saturated carbocycles. The molecule has 1 N–H and O–H groups in total. The smallest absolute Gasteiger partial charge is 0.0594 e. The van der Waals surface area contributed by atoms with Crippen LogP contribution in [0.2, 0.25) is 0 Å². The van der Waals surface area contributed by atoms with Crippen LogP contribution in [-0.2, 0) is 0 Å². The molecule has 2 nitrogen and oxygen atoms in total. The van der Waals surface area contributed by atoms with Crippen LogP contribution in [0.1, 0.15) is 86.0 Å². The third-order valence-electron chi connectivity index (χ3n) is 11.1. The highest BCUT2D eigenvalue weighted by Crippen LogP contribution is 2.66. The van der Waals surface area contributed by atoms with Gasteiger partial charge >= 0.3 is 0 Å². The van der Waals surface area contributed by atoms with Crippen molar-refractivity contribution < 1.29 is 5.11 Å². The molecule has 32 heavy (non-hydrogen) atoms. The SMILES string of the molecule is C[C@H](CCN1CCSCC1)[C@H]1CC=C2C3=C(CC[C@@]21C)[C@@]1(C)CC[C@H](O)C(C)(C)[C@@H]1CC3. The van der Waals surface area contributed by atoms with Crippen molar-refractivity contribution in [3.63, 3.8) is 0 Å². The van der Waals surface area contributed by atoms with E-state index in [2.05, 4.69) is 57.4 Å². The number of nitrogens with zero attached hydrogens (tertiary/aromatic N) is 1. The number of aliphatic hydroxyl groups is 1. The Hall–Kier alpha value is -0.250. The first-order valence-electron chi connectivity index (χ1n) is 13.6. The number of allylic oxidation sites excluding steroid dienone is 4. The van der Waals surface area contributed by atoms with Gasteiger partial charge < -0.3 is 10.0 Å². The topological polar surface area (TPSA) is 23.5 Å². The Morgan fingerprint density at radius 1 is 1.06 bits per heavy atom. The third-order valence-corrected chi connectivity index (χ3v) is 12.1. The highest BCUT2D eigenvalue weighted by Gasteiger charge is 2.57. The molecule has 2 fully saturated rings. The van der Waals surface area contributed by atoms with Gasteiger partial charge in [-0.15, -0.1) is 0 Å². The molecule has 0 spiro atoms. The summed E-state index contributed by atoms with van der Waals surface area (Å²) in [6, 6.07) is 0. The van der Waals surface area contributed by atoms with Gasteiger partial charge in [0.15, 0.2) is 0 Å². The van der Waals surface area contributed by atoms with Crippen LogP contribution in [-0.4, -0.2) is 47.3 Å². The van der Waals surface area contributed by atoms with Crippen molar-refractivity contribution in [2.24, 2.45) is 34.0 Å². The predicted octanol–water partition coefficient (Wildman–Crippen LogP) is 6.70. The average Bonchev–Trinajstić information content (AvgIpc) is 3.13. The minimum absolute atomic E-state index is 0.0420. The molecule has 180 valence electrons. The average molecular weight is 458 g/mol. The Morgan fingerprint density at radius 3 is 2.56 bits per heavy atom. The summed E-state index contributed by atoms with van der Waals surface area (Å²) in [5.74, 6) is 4.90. The van der Waals surface area contributed by atoms with Crippen LogP contribution in [0.3, 0.4) is 0 Å². The Balaban J connectivity index is 1.35.